The van der Waals surface area contributed by atoms with Crippen LogP contribution >= 0.6 is 11.3 Å². The number of thiazole rings is 1. The molecule has 6 heteroatoms. The number of rotatable bonds is 3. The van der Waals surface area contributed by atoms with Crippen molar-refractivity contribution in [2.24, 2.45) is 0 Å². The molecule has 2 heterocycles. The van der Waals surface area contributed by atoms with Gasteiger partial charge in [-0.3, -0.25) is 4.79 Å². The smallest absolute Gasteiger partial charge is 0.252 e. The predicted molar refractivity (Wildman–Crippen MR) is 76.1 cm³/mol. The average Bonchev–Trinajstić information content (AvgIpc) is 2.74. The fraction of sp³-hybridized carbons (Fsp3) is 0.308. The van der Waals surface area contributed by atoms with E-state index in [9.17, 15) is 4.79 Å². The highest BCUT2D eigenvalue weighted by molar-refractivity contribution is 7.09. The number of aryl methyl sites for hydroxylation is 2. The van der Waals surface area contributed by atoms with Crippen molar-refractivity contribution in [3.63, 3.8) is 0 Å². The van der Waals surface area contributed by atoms with Gasteiger partial charge in [0.2, 0.25) is 0 Å². The molecule has 0 saturated heterocycles. The minimum absolute atomic E-state index is 0.124. The number of pyridine rings is 1. The number of nitrogens with one attached hydrogen (secondary N) is 1. The third-order valence-corrected chi connectivity index (χ3v) is 3.74. The summed E-state index contributed by atoms with van der Waals surface area (Å²) in [5.74, 6) is 0.181. The highest BCUT2D eigenvalue weighted by Gasteiger charge is 2.14. The molecule has 0 aliphatic heterocycles. The first-order valence-corrected chi connectivity index (χ1v) is 6.80. The predicted octanol–water partition coefficient (Wildman–Crippen LogP) is 2.23. The quantitative estimate of drug-likeness (QED) is 0.900. The Morgan fingerprint density at radius 2 is 2.05 bits per heavy atom. The summed E-state index contributed by atoms with van der Waals surface area (Å²) in [4.78, 5) is 20.5. The molecule has 1 atom stereocenters. The number of nitrogen functional groups attached to an aromatic ring is 1. The van der Waals surface area contributed by atoms with Crippen molar-refractivity contribution in [3.8, 4) is 0 Å². The molecule has 0 aliphatic rings. The number of anilines is 1. The van der Waals surface area contributed by atoms with Gasteiger partial charge in [-0.2, -0.15) is 0 Å². The van der Waals surface area contributed by atoms with Gasteiger partial charge >= 0.3 is 0 Å². The fourth-order valence-electron chi connectivity index (χ4n) is 1.74. The largest absolute Gasteiger partial charge is 0.384 e. The van der Waals surface area contributed by atoms with Crippen molar-refractivity contribution >= 4 is 23.1 Å². The lowest BCUT2D eigenvalue weighted by Crippen LogP contribution is -2.26. The molecule has 0 radical (unpaired) electrons. The van der Waals surface area contributed by atoms with Gasteiger partial charge in [0.25, 0.3) is 5.91 Å². The Morgan fingerprint density at radius 3 is 2.63 bits per heavy atom. The summed E-state index contributed by atoms with van der Waals surface area (Å²) in [6.07, 6.45) is 0. The van der Waals surface area contributed by atoms with Crippen molar-refractivity contribution in [1.82, 2.24) is 15.3 Å². The molecule has 0 bridgehead atoms. The molecule has 0 aromatic carbocycles. The van der Waals surface area contributed by atoms with E-state index in [0.29, 0.717) is 11.4 Å². The second-order valence-electron chi connectivity index (χ2n) is 4.44. The van der Waals surface area contributed by atoms with Crippen LogP contribution in [0.2, 0.25) is 0 Å². The van der Waals surface area contributed by atoms with Crippen LogP contribution in [0.3, 0.4) is 0 Å². The molecule has 2 aromatic rings. The minimum Gasteiger partial charge on any atom is -0.384 e. The summed E-state index contributed by atoms with van der Waals surface area (Å²) < 4.78 is 0. The first-order chi connectivity index (χ1) is 8.95. The molecular formula is C13H16N4OS. The van der Waals surface area contributed by atoms with Gasteiger partial charge in [-0.05, 0) is 32.9 Å². The Balaban J connectivity index is 2.12. The number of nitrogens with zero attached hydrogens (tertiary/aromatic N) is 2. The summed E-state index contributed by atoms with van der Waals surface area (Å²) in [5.41, 5.74) is 7.85. The number of nitrogens with two attached hydrogens (primary N) is 1. The molecule has 19 heavy (non-hydrogen) atoms. The number of carbonyl (C=O) groups is 1. The highest BCUT2D eigenvalue weighted by atomic mass is 32.1. The van der Waals surface area contributed by atoms with Crippen LogP contribution in [0, 0.1) is 13.8 Å². The lowest BCUT2D eigenvalue weighted by atomic mass is 10.2. The van der Waals surface area contributed by atoms with Gasteiger partial charge in [0, 0.05) is 22.3 Å². The van der Waals surface area contributed by atoms with E-state index in [1.54, 1.807) is 19.1 Å². The molecule has 0 spiro atoms. The van der Waals surface area contributed by atoms with E-state index < -0.39 is 0 Å². The Bertz CT molecular complexity index is 588. The molecule has 100 valence electrons. The zero-order valence-electron chi connectivity index (χ0n) is 11.1. The molecule has 0 fully saturated rings. The van der Waals surface area contributed by atoms with E-state index in [1.165, 1.54) is 11.3 Å². The third-order valence-electron chi connectivity index (χ3n) is 2.59. The van der Waals surface area contributed by atoms with Gasteiger partial charge in [0.1, 0.15) is 10.8 Å². The second-order valence-corrected chi connectivity index (χ2v) is 5.33. The molecule has 5 nitrogen and oxygen atoms in total. The Labute approximate surface area is 115 Å². The minimum atomic E-state index is -0.169. The Morgan fingerprint density at radius 1 is 1.32 bits per heavy atom. The first-order valence-electron chi connectivity index (χ1n) is 5.93. The summed E-state index contributed by atoms with van der Waals surface area (Å²) in [7, 11) is 0. The van der Waals surface area contributed by atoms with Crippen LogP contribution in [0.4, 0.5) is 5.82 Å². The lowest BCUT2D eigenvalue weighted by molar-refractivity contribution is 0.0939. The molecule has 3 N–H and O–H groups in total. The average molecular weight is 276 g/mol. The molecular weight excluding hydrogens is 260 g/mol. The van der Waals surface area contributed by atoms with Crippen LogP contribution in [0.15, 0.2) is 17.5 Å². The van der Waals surface area contributed by atoms with Crippen molar-refractivity contribution in [2.45, 2.75) is 26.8 Å². The van der Waals surface area contributed by atoms with Gasteiger partial charge in [-0.15, -0.1) is 11.3 Å². The fourth-order valence-corrected chi connectivity index (χ4v) is 2.54. The SMILES string of the molecule is Cc1cc(C(=O)NC(C)c2nc(C)cs2)cc(N)n1. The summed E-state index contributed by atoms with van der Waals surface area (Å²) in [6.45, 7) is 5.65. The van der Waals surface area contributed by atoms with Gasteiger partial charge in [0.05, 0.1) is 6.04 Å². The van der Waals surface area contributed by atoms with Crippen molar-refractivity contribution < 1.29 is 4.79 Å². The summed E-state index contributed by atoms with van der Waals surface area (Å²) >= 11 is 1.54. The van der Waals surface area contributed by atoms with E-state index in [0.717, 1.165) is 16.4 Å². The van der Waals surface area contributed by atoms with Crippen molar-refractivity contribution in [1.29, 1.82) is 0 Å². The third kappa shape index (κ3) is 3.29. The van der Waals surface area contributed by atoms with Gasteiger partial charge in [0.15, 0.2) is 0 Å². The Kier molecular flexibility index (Phi) is 3.80. The van der Waals surface area contributed by atoms with Crippen LogP contribution in [-0.2, 0) is 0 Å². The lowest BCUT2D eigenvalue weighted by Gasteiger charge is -2.11. The Hall–Kier alpha value is -1.95. The van der Waals surface area contributed by atoms with Crippen molar-refractivity contribution in [2.75, 3.05) is 5.73 Å². The van der Waals surface area contributed by atoms with Gasteiger partial charge < -0.3 is 11.1 Å². The molecule has 2 aromatic heterocycles. The monoisotopic (exact) mass is 276 g/mol. The van der Waals surface area contributed by atoms with E-state index in [1.807, 2.05) is 19.2 Å². The maximum atomic E-state index is 12.1. The maximum Gasteiger partial charge on any atom is 0.252 e. The number of amides is 1. The van der Waals surface area contributed by atoms with Crippen LogP contribution in [-0.4, -0.2) is 15.9 Å². The van der Waals surface area contributed by atoms with E-state index in [-0.39, 0.29) is 11.9 Å². The van der Waals surface area contributed by atoms with Crippen molar-refractivity contribution in [3.05, 3.63) is 39.5 Å². The van der Waals surface area contributed by atoms with Crippen LogP contribution < -0.4 is 11.1 Å². The zero-order valence-corrected chi connectivity index (χ0v) is 11.9. The number of hydrogen-bond acceptors (Lipinski definition) is 5. The standard InChI is InChI=1S/C13H16N4OS/c1-7-4-10(5-11(14)15-7)12(18)17-9(3)13-16-8(2)6-19-13/h4-6,9H,1-3H3,(H2,14,15)(H,17,18). The van der Waals surface area contributed by atoms with Gasteiger partial charge in [-0.25, -0.2) is 9.97 Å². The van der Waals surface area contributed by atoms with Crippen LogP contribution in [0.5, 0.6) is 0 Å². The normalized spacial score (nSPS) is 12.2. The van der Waals surface area contributed by atoms with Crippen LogP contribution in [0.25, 0.3) is 0 Å². The van der Waals surface area contributed by atoms with Crippen LogP contribution in [0.1, 0.15) is 39.7 Å². The topological polar surface area (TPSA) is 80.9 Å². The van der Waals surface area contributed by atoms with E-state index >= 15 is 0 Å². The molecule has 1 amide bonds. The molecule has 1 unspecified atom stereocenters. The summed E-state index contributed by atoms with van der Waals surface area (Å²) in [5, 5.41) is 5.76. The van der Waals surface area contributed by atoms with Gasteiger partial charge in [-0.1, -0.05) is 0 Å². The number of carbonyl (C=O) groups excluding carboxylic acids is 1. The molecule has 0 saturated carbocycles. The number of hydrogen-bond donors (Lipinski definition) is 2. The number of aromatic nitrogens is 2. The maximum absolute atomic E-state index is 12.1. The second kappa shape index (κ2) is 5.36. The summed E-state index contributed by atoms with van der Waals surface area (Å²) in [6, 6.07) is 3.16. The highest BCUT2D eigenvalue weighted by Crippen LogP contribution is 2.18. The molecule has 0 aliphatic carbocycles. The van der Waals surface area contributed by atoms with E-state index in [4.69, 9.17) is 5.73 Å². The zero-order chi connectivity index (χ0) is 14.0. The molecule has 2 rings (SSSR count). The first kappa shape index (κ1) is 13.5. The van der Waals surface area contributed by atoms with E-state index in [2.05, 4.69) is 15.3 Å².